The van der Waals surface area contributed by atoms with Crippen molar-refractivity contribution in [3.63, 3.8) is 0 Å². The number of hydrogen-bond donors (Lipinski definition) is 1. The largest absolute Gasteiger partial charge is 0.452 e. The molecule has 3 aromatic rings. The molecule has 8 nitrogen and oxygen atoms in total. The minimum absolute atomic E-state index is 0.0108. The minimum atomic E-state index is -0.903. The summed E-state index contributed by atoms with van der Waals surface area (Å²) in [5.41, 5.74) is 5.53. The van der Waals surface area contributed by atoms with Crippen LogP contribution in [0.2, 0.25) is 0 Å². The van der Waals surface area contributed by atoms with Crippen LogP contribution in [0.5, 0.6) is 0 Å². The van der Waals surface area contributed by atoms with Crippen molar-refractivity contribution in [3.8, 4) is 0 Å². The Balaban J connectivity index is 1.40. The Morgan fingerprint density at radius 2 is 2.03 bits per heavy atom. The van der Waals surface area contributed by atoms with Gasteiger partial charge in [0, 0.05) is 22.6 Å². The lowest BCUT2D eigenvalue weighted by Gasteiger charge is -2.15. The normalized spacial score (nSPS) is 13.9. The number of esters is 1. The lowest BCUT2D eigenvalue weighted by molar-refractivity contribution is -0.152. The summed E-state index contributed by atoms with van der Waals surface area (Å²) < 4.78 is 6.94. The van der Waals surface area contributed by atoms with Crippen LogP contribution in [0.25, 0.3) is 5.78 Å². The first-order valence-electron chi connectivity index (χ1n) is 9.70. The van der Waals surface area contributed by atoms with Gasteiger partial charge in [0.15, 0.2) is 6.10 Å². The fraction of sp³-hybridized carbons (Fsp3) is 0.381. The fourth-order valence-corrected chi connectivity index (χ4v) is 3.74. The molecule has 8 heteroatoms. The molecule has 1 aliphatic carbocycles. The van der Waals surface area contributed by atoms with Crippen LogP contribution >= 0.6 is 0 Å². The number of carbonyl (C=O) groups is 2. The summed E-state index contributed by atoms with van der Waals surface area (Å²) in [6, 6.07) is 5.94. The summed E-state index contributed by atoms with van der Waals surface area (Å²) in [5, 5.41) is 6.95. The number of benzene rings is 1. The molecule has 1 aromatic carbocycles. The predicted molar refractivity (Wildman–Crippen MR) is 107 cm³/mol. The number of ether oxygens (including phenoxy) is 1. The number of rotatable bonds is 5. The third-order valence-electron chi connectivity index (χ3n) is 5.35. The minimum Gasteiger partial charge on any atom is -0.452 e. The second kappa shape index (κ2) is 7.62. The van der Waals surface area contributed by atoms with Gasteiger partial charge in [0.1, 0.15) is 6.33 Å². The van der Waals surface area contributed by atoms with E-state index in [0.717, 1.165) is 36.2 Å². The number of aromatic nitrogens is 4. The van der Waals surface area contributed by atoms with Gasteiger partial charge in [-0.05, 0) is 63.3 Å². The van der Waals surface area contributed by atoms with Crippen molar-refractivity contribution in [1.29, 1.82) is 0 Å². The van der Waals surface area contributed by atoms with Crippen molar-refractivity contribution >= 4 is 23.3 Å². The zero-order chi connectivity index (χ0) is 20.5. The number of anilines is 1. The van der Waals surface area contributed by atoms with Crippen molar-refractivity contribution in [2.75, 3.05) is 5.32 Å². The predicted octanol–water partition coefficient (Wildman–Crippen LogP) is 2.34. The monoisotopic (exact) mass is 393 g/mol. The Bertz CT molecular complexity index is 1110. The summed E-state index contributed by atoms with van der Waals surface area (Å²) in [5.74, 6) is -0.358. The molecule has 29 heavy (non-hydrogen) atoms. The quantitative estimate of drug-likeness (QED) is 0.668. The van der Waals surface area contributed by atoms with Crippen molar-refractivity contribution in [2.24, 2.45) is 0 Å². The maximum absolute atomic E-state index is 12.5. The van der Waals surface area contributed by atoms with Gasteiger partial charge in [-0.2, -0.15) is 10.1 Å². The van der Waals surface area contributed by atoms with E-state index in [1.54, 1.807) is 11.4 Å². The number of fused-ring (bicyclic) bond motifs is 2. The molecule has 150 valence electrons. The molecule has 2 aromatic heterocycles. The maximum atomic E-state index is 12.5. The lowest BCUT2D eigenvalue weighted by Crippen LogP contribution is -2.30. The molecule has 0 saturated carbocycles. The van der Waals surface area contributed by atoms with Crippen molar-refractivity contribution in [3.05, 3.63) is 52.6 Å². The highest BCUT2D eigenvalue weighted by molar-refractivity contribution is 5.95. The van der Waals surface area contributed by atoms with Crippen LogP contribution in [-0.4, -0.2) is 37.6 Å². The van der Waals surface area contributed by atoms with E-state index in [1.807, 2.05) is 32.0 Å². The zero-order valence-corrected chi connectivity index (χ0v) is 16.7. The molecule has 1 atom stereocenters. The zero-order valence-electron chi connectivity index (χ0n) is 16.7. The molecule has 2 heterocycles. The van der Waals surface area contributed by atoms with Crippen LogP contribution in [0.15, 0.2) is 24.5 Å². The Labute approximate surface area is 168 Å². The first-order valence-corrected chi connectivity index (χ1v) is 9.70. The summed E-state index contributed by atoms with van der Waals surface area (Å²) in [4.78, 5) is 33.3. The Morgan fingerprint density at radius 1 is 1.24 bits per heavy atom. The summed E-state index contributed by atoms with van der Waals surface area (Å²) in [7, 11) is 0. The molecular weight excluding hydrogens is 370 g/mol. The lowest BCUT2D eigenvalue weighted by atomic mass is 10.1. The van der Waals surface area contributed by atoms with Crippen LogP contribution in [0, 0.1) is 13.8 Å². The van der Waals surface area contributed by atoms with Crippen LogP contribution in [0.4, 0.5) is 5.69 Å². The van der Waals surface area contributed by atoms with Crippen molar-refractivity contribution in [2.45, 2.75) is 52.6 Å². The van der Waals surface area contributed by atoms with Gasteiger partial charge in [-0.3, -0.25) is 9.59 Å². The Morgan fingerprint density at radius 3 is 2.86 bits per heavy atom. The molecule has 0 bridgehead atoms. The Kier molecular flexibility index (Phi) is 5.00. The summed E-state index contributed by atoms with van der Waals surface area (Å²) in [6.45, 7) is 5.23. The van der Waals surface area contributed by atoms with Gasteiger partial charge >= 0.3 is 5.97 Å². The number of nitrogens with zero attached hydrogens (tertiary/aromatic N) is 4. The van der Waals surface area contributed by atoms with Gasteiger partial charge in [-0.15, -0.1) is 0 Å². The molecule has 0 radical (unpaired) electrons. The molecule has 1 aliphatic rings. The number of nitrogens with one attached hydrogen (secondary N) is 1. The third-order valence-corrected chi connectivity index (χ3v) is 5.35. The van der Waals surface area contributed by atoms with E-state index < -0.39 is 12.1 Å². The van der Waals surface area contributed by atoms with E-state index in [4.69, 9.17) is 4.74 Å². The van der Waals surface area contributed by atoms with Gasteiger partial charge in [0.05, 0.1) is 6.42 Å². The number of amides is 1. The van der Waals surface area contributed by atoms with Crippen molar-refractivity contribution in [1.82, 2.24) is 19.6 Å². The van der Waals surface area contributed by atoms with E-state index in [2.05, 4.69) is 20.4 Å². The second-order valence-corrected chi connectivity index (χ2v) is 7.37. The first-order chi connectivity index (χ1) is 13.9. The van der Waals surface area contributed by atoms with E-state index >= 15 is 0 Å². The highest BCUT2D eigenvalue weighted by Crippen LogP contribution is 2.25. The van der Waals surface area contributed by atoms with Crippen LogP contribution in [-0.2, 0) is 33.6 Å². The summed E-state index contributed by atoms with van der Waals surface area (Å²) >= 11 is 0. The van der Waals surface area contributed by atoms with E-state index in [0.29, 0.717) is 11.5 Å². The second-order valence-electron chi connectivity index (χ2n) is 7.37. The van der Waals surface area contributed by atoms with Crippen LogP contribution < -0.4 is 5.32 Å². The average molecular weight is 393 g/mol. The Hall–Kier alpha value is -3.29. The maximum Gasteiger partial charge on any atom is 0.311 e. The number of aryl methyl sites for hydroxylation is 4. The van der Waals surface area contributed by atoms with Gasteiger partial charge < -0.3 is 10.1 Å². The molecule has 0 saturated heterocycles. The molecule has 0 spiro atoms. The van der Waals surface area contributed by atoms with E-state index in [1.165, 1.54) is 17.5 Å². The highest BCUT2D eigenvalue weighted by Gasteiger charge is 2.21. The number of hydrogen-bond acceptors (Lipinski definition) is 6. The van der Waals surface area contributed by atoms with Gasteiger partial charge in [-0.25, -0.2) is 9.50 Å². The molecule has 0 unspecified atom stereocenters. The standard InChI is InChI=1S/C21H23N5O3/c1-12-18(13(2)26-21(24-12)22-11-23-26)10-19(27)29-14(3)20(28)25-17-8-7-15-5-4-6-16(15)9-17/h7-9,11,14H,4-6,10H2,1-3H3,(H,25,28)/t14-/m1/s1. The van der Waals surface area contributed by atoms with E-state index in [9.17, 15) is 9.59 Å². The third kappa shape index (κ3) is 3.83. The van der Waals surface area contributed by atoms with Crippen LogP contribution in [0.3, 0.4) is 0 Å². The number of carbonyl (C=O) groups excluding carboxylic acids is 2. The fourth-order valence-electron chi connectivity index (χ4n) is 3.74. The first kappa shape index (κ1) is 19.0. The topological polar surface area (TPSA) is 98.5 Å². The van der Waals surface area contributed by atoms with E-state index in [-0.39, 0.29) is 12.3 Å². The average Bonchev–Trinajstić information content (AvgIpc) is 3.33. The smallest absolute Gasteiger partial charge is 0.311 e. The molecule has 1 amide bonds. The molecule has 1 N–H and O–H groups in total. The summed E-state index contributed by atoms with van der Waals surface area (Å²) in [6.07, 6.45) is 3.80. The van der Waals surface area contributed by atoms with Gasteiger partial charge in [0.25, 0.3) is 11.7 Å². The molecular formula is C21H23N5O3. The highest BCUT2D eigenvalue weighted by atomic mass is 16.5. The van der Waals surface area contributed by atoms with Crippen molar-refractivity contribution < 1.29 is 14.3 Å². The SMILES string of the molecule is Cc1nc2ncnn2c(C)c1CC(=O)O[C@H](C)C(=O)Nc1ccc2c(c1)CCC2. The molecule has 0 aliphatic heterocycles. The van der Waals surface area contributed by atoms with Gasteiger partial charge in [0.2, 0.25) is 0 Å². The van der Waals surface area contributed by atoms with Crippen LogP contribution in [0.1, 0.15) is 41.4 Å². The molecule has 0 fully saturated rings. The molecule has 4 rings (SSSR count). The van der Waals surface area contributed by atoms with Gasteiger partial charge in [-0.1, -0.05) is 6.07 Å².